The van der Waals surface area contributed by atoms with Crippen LogP contribution in [0.15, 0.2) is 54.6 Å². The molecule has 0 radical (unpaired) electrons. The standard InChI is InChI=1S/C24H32N4O3SeSi/c1-24(2,3)28(23(29)30)20(16-17-12-14-19(15-13-17)31-33(4,5)6)21-26-27-22(32-21)25-18-10-8-7-9-11-18/h7-15,20H,16H2,1-6H3,(H,25,27)(H,29,30). The summed E-state index contributed by atoms with van der Waals surface area (Å²) in [5.41, 5.74) is 1.38. The van der Waals surface area contributed by atoms with Crippen LogP contribution in [0.3, 0.4) is 0 Å². The molecule has 1 heterocycles. The number of rotatable bonds is 8. The molecule has 33 heavy (non-hydrogen) atoms. The number of nitrogens with zero attached hydrogens (tertiary/aromatic N) is 3. The Morgan fingerprint density at radius 3 is 2.27 bits per heavy atom. The summed E-state index contributed by atoms with van der Waals surface area (Å²) in [4.78, 5) is 13.8. The fourth-order valence-corrected chi connectivity index (χ4v) is 6.15. The van der Waals surface area contributed by atoms with Crippen LogP contribution in [0.5, 0.6) is 5.75 Å². The minimum atomic E-state index is -1.69. The minimum absolute atomic E-state index is 0.208. The molecule has 0 spiro atoms. The molecule has 1 amide bonds. The number of carboxylic acid groups (broad SMARTS) is 1. The second-order valence-corrected chi connectivity index (χ2v) is 16.4. The summed E-state index contributed by atoms with van der Waals surface area (Å²) in [5, 5.41) is 22.2. The van der Waals surface area contributed by atoms with Gasteiger partial charge in [-0.1, -0.05) is 0 Å². The van der Waals surface area contributed by atoms with Crippen LogP contribution >= 0.6 is 0 Å². The molecule has 3 aromatic rings. The van der Waals surface area contributed by atoms with Crippen LogP contribution in [0.2, 0.25) is 19.6 Å². The van der Waals surface area contributed by atoms with Gasteiger partial charge in [-0.15, -0.1) is 0 Å². The summed E-state index contributed by atoms with van der Waals surface area (Å²) < 4.78 is 7.62. The zero-order valence-corrected chi connectivity index (χ0v) is 22.7. The topological polar surface area (TPSA) is 87.6 Å². The van der Waals surface area contributed by atoms with Crippen molar-refractivity contribution in [3.05, 3.63) is 64.7 Å². The monoisotopic (exact) mass is 532 g/mol. The van der Waals surface area contributed by atoms with Crippen LogP contribution in [0.1, 0.15) is 36.9 Å². The van der Waals surface area contributed by atoms with E-state index in [0.29, 0.717) is 6.42 Å². The molecule has 0 aliphatic rings. The molecule has 0 aliphatic heterocycles. The van der Waals surface area contributed by atoms with Gasteiger partial charge in [-0.05, 0) is 0 Å². The Bertz CT molecular complexity index is 1060. The number of hydrogen-bond acceptors (Lipinski definition) is 5. The fraction of sp³-hybridized carbons (Fsp3) is 0.375. The Hall–Kier alpha value is -2.61. The molecule has 176 valence electrons. The Kier molecular flexibility index (Phi) is 7.67. The average Bonchev–Trinajstić information content (AvgIpc) is 3.15. The van der Waals surface area contributed by atoms with Crippen molar-refractivity contribution in [2.75, 3.05) is 5.32 Å². The quantitative estimate of drug-likeness (QED) is 0.371. The third-order valence-electron chi connectivity index (χ3n) is 4.77. The number of anilines is 2. The summed E-state index contributed by atoms with van der Waals surface area (Å²) in [6, 6.07) is 17.3. The van der Waals surface area contributed by atoms with Gasteiger partial charge in [-0.25, -0.2) is 0 Å². The number of amides is 1. The maximum absolute atomic E-state index is 12.3. The fourth-order valence-electron chi connectivity index (χ4n) is 3.51. The normalized spacial score (nSPS) is 12.8. The van der Waals surface area contributed by atoms with Crippen molar-refractivity contribution < 1.29 is 14.3 Å². The van der Waals surface area contributed by atoms with E-state index in [1.165, 1.54) is 4.90 Å². The predicted molar refractivity (Wildman–Crippen MR) is 135 cm³/mol. The van der Waals surface area contributed by atoms with Crippen molar-refractivity contribution in [3.63, 3.8) is 0 Å². The Morgan fingerprint density at radius 2 is 1.73 bits per heavy atom. The molecule has 2 N–H and O–H groups in total. The van der Waals surface area contributed by atoms with Crippen molar-refractivity contribution in [1.82, 2.24) is 15.1 Å². The van der Waals surface area contributed by atoms with Gasteiger partial charge < -0.3 is 0 Å². The summed E-state index contributed by atoms with van der Waals surface area (Å²) in [6.45, 7) is 12.2. The number of carbonyl (C=O) groups is 1. The molecule has 0 aliphatic carbocycles. The maximum atomic E-state index is 12.3. The molecule has 2 aromatic carbocycles. The molecule has 0 fully saturated rings. The SMILES string of the molecule is CC(C)(C)N(C(=O)O)C(Cc1ccc(O[Si](C)(C)C)cc1)c1nnc(Nc2ccccc2)[se]1. The van der Waals surface area contributed by atoms with Gasteiger partial charge in [0, 0.05) is 0 Å². The van der Waals surface area contributed by atoms with E-state index in [-0.39, 0.29) is 14.5 Å². The summed E-state index contributed by atoms with van der Waals surface area (Å²) in [7, 11) is -1.69. The van der Waals surface area contributed by atoms with Gasteiger partial charge in [0.25, 0.3) is 0 Å². The van der Waals surface area contributed by atoms with E-state index in [9.17, 15) is 9.90 Å². The van der Waals surface area contributed by atoms with Gasteiger partial charge in [0.2, 0.25) is 0 Å². The van der Waals surface area contributed by atoms with Crippen LogP contribution < -0.4 is 9.74 Å². The third-order valence-corrected chi connectivity index (χ3v) is 7.59. The Balaban J connectivity index is 1.90. The zero-order chi connectivity index (χ0) is 24.2. The van der Waals surface area contributed by atoms with Gasteiger partial charge in [-0.2, -0.15) is 0 Å². The molecule has 0 saturated carbocycles. The first-order valence-corrected chi connectivity index (χ1v) is 16.0. The predicted octanol–water partition coefficient (Wildman–Crippen LogP) is 5.55. The van der Waals surface area contributed by atoms with Crippen LogP contribution in [-0.4, -0.2) is 54.7 Å². The van der Waals surface area contributed by atoms with Crippen molar-refractivity contribution in [1.29, 1.82) is 0 Å². The van der Waals surface area contributed by atoms with Crippen LogP contribution in [-0.2, 0) is 6.42 Å². The van der Waals surface area contributed by atoms with Gasteiger partial charge in [0.05, 0.1) is 0 Å². The molecular formula is C24H32N4O3SeSi. The molecular weight excluding hydrogens is 499 g/mol. The number of aromatic nitrogens is 2. The van der Waals surface area contributed by atoms with E-state index in [0.717, 1.165) is 26.3 Å². The number of nitrogens with one attached hydrogen (secondary N) is 1. The van der Waals surface area contributed by atoms with E-state index >= 15 is 0 Å². The molecule has 3 rings (SSSR count). The summed E-state index contributed by atoms with van der Waals surface area (Å²) in [5.74, 6) is 0.848. The Morgan fingerprint density at radius 1 is 1.09 bits per heavy atom. The van der Waals surface area contributed by atoms with Crippen LogP contribution in [0.4, 0.5) is 15.2 Å². The summed E-state index contributed by atoms with van der Waals surface area (Å²) in [6.07, 6.45) is -0.444. The first-order chi connectivity index (χ1) is 15.4. The number of hydrogen-bond donors (Lipinski definition) is 2. The molecule has 7 nitrogen and oxygen atoms in total. The second kappa shape index (κ2) is 10.1. The molecule has 1 aromatic heterocycles. The first-order valence-electron chi connectivity index (χ1n) is 10.9. The van der Waals surface area contributed by atoms with E-state index in [1.54, 1.807) is 0 Å². The van der Waals surface area contributed by atoms with Crippen LogP contribution in [0.25, 0.3) is 0 Å². The second-order valence-electron chi connectivity index (χ2n) is 9.84. The van der Waals surface area contributed by atoms with Crippen molar-refractivity contribution in [2.24, 2.45) is 0 Å². The van der Waals surface area contributed by atoms with Gasteiger partial charge in [0.15, 0.2) is 0 Å². The molecule has 0 saturated heterocycles. The van der Waals surface area contributed by atoms with E-state index < -0.39 is 26.0 Å². The van der Waals surface area contributed by atoms with Gasteiger partial charge in [-0.3, -0.25) is 0 Å². The van der Waals surface area contributed by atoms with Crippen LogP contribution in [0, 0.1) is 0 Å². The van der Waals surface area contributed by atoms with Gasteiger partial charge in [0.1, 0.15) is 0 Å². The molecule has 1 atom stereocenters. The number of para-hydroxylation sites is 1. The Labute approximate surface area is 202 Å². The van der Waals surface area contributed by atoms with E-state index in [1.807, 2.05) is 75.4 Å². The molecule has 0 bridgehead atoms. The third kappa shape index (κ3) is 7.18. The van der Waals surface area contributed by atoms with Crippen molar-refractivity contribution in [3.8, 4) is 5.75 Å². The first kappa shape index (κ1) is 25.0. The van der Waals surface area contributed by atoms with E-state index in [4.69, 9.17) is 4.43 Å². The molecule has 9 heteroatoms. The van der Waals surface area contributed by atoms with Gasteiger partial charge >= 0.3 is 203 Å². The summed E-state index contributed by atoms with van der Waals surface area (Å²) >= 11 is -0.208. The zero-order valence-electron chi connectivity index (χ0n) is 20.0. The van der Waals surface area contributed by atoms with Crippen molar-refractivity contribution >= 4 is 39.3 Å². The number of benzene rings is 2. The van der Waals surface area contributed by atoms with Crippen molar-refractivity contribution in [2.45, 2.75) is 58.4 Å². The molecule has 1 unspecified atom stereocenters. The van der Waals surface area contributed by atoms with E-state index in [2.05, 4.69) is 35.2 Å². The average molecular weight is 532 g/mol.